The molecule has 29 heavy (non-hydrogen) atoms. The number of hydrogen-bond donors (Lipinski definition) is 1. The molecule has 5 nitrogen and oxygen atoms in total. The molecule has 4 aliphatic carbocycles. The van der Waals surface area contributed by atoms with Gasteiger partial charge < -0.3 is 14.6 Å². The highest BCUT2D eigenvalue weighted by molar-refractivity contribution is 5.90. The fraction of sp³-hybridized carbons (Fsp3) is 0.833. The van der Waals surface area contributed by atoms with Crippen molar-refractivity contribution in [2.24, 2.45) is 28.6 Å². The van der Waals surface area contributed by atoms with Gasteiger partial charge in [-0.15, -0.1) is 0 Å². The summed E-state index contributed by atoms with van der Waals surface area (Å²) in [6, 6.07) is 0. The lowest BCUT2D eigenvalue weighted by molar-refractivity contribution is -0.193. The normalized spacial score (nSPS) is 51.2. The minimum Gasteiger partial charge on any atom is -0.462 e. The van der Waals surface area contributed by atoms with E-state index in [1.807, 2.05) is 0 Å². The summed E-state index contributed by atoms with van der Waals surface area (Å²) in [4.78, 5) is 24.3. The van der Waals surface area contributed by atoms with Crippen LogP contribution in [0.2, 0.25) is 0 Å². The molecule has 0 radical (unpaired) electrons. The Labute approximate surface area is 173 Å². The van der Waals surface area contributed by atoms with Gasteiger partial charge in [-0.25, -0.2) is 0 Å². The molecule has 4 fully saturated rings. The smallest absolute Gasteiger partial charge is 0.302 e. The highest BCUT2D eigenvalue weighted by Gasteiger charge is 2.70. The minimum atomic E-state index is -1.31. The number of aliphatic hydroxyl groups is 1. The van der Waals surface area contributed by atoms with E-state index in [-0.39, 0.29) is 34.8 Å². The van der Waals surface area contributed by atoms with Gasteiger partial charge in [0.25, 0.3) is 0 Å². The Morgan fingerprint density at radius 2 is 2.03 bits per heavy atom. The molecule has 0 aromatic carbocycles. The van der Waals surface area contributed by atoms with Crippen LogP contribution in [0.4, 0.5) is 0 Å². The molecule has 0 aromatic rings. The summed E-state index contributed by atoms with van der Waals surface area (Å²) in [5.74, 6) is 1.18. The summed E-state index contributed by atoms with van der Waals surface area (Å²) < 4.78 is 11.5. The highest BCUT2D eigenvalue weighted by atomic mass is 16.5. The molecule has 0 spiro atoms. The summed E-state index contributed by atoms with van der Waals surface area (Å²) in [5.41, 5.74) is -0.0882. The Bertz CT molecular complexity index is 773. The van der Waals surface area contributed by atoms with Gasteiger partial charge in [-0.05, 0) is 61.7 Å². The van der Waals surface area contributed by atoms with Gasteiger partial charge in [0, 0.05) is 25.2 Å². The van der Waals surface area contributed by atoms with Crippen LogP contribution in [0.15, 0.2) is 11.6 Å². The van der Waals surface area contributed by atoms with E-state index in [9.17, 15) is 14.7 Å². The molecule has 0 bridgehead atoms. The van der Waals surface area contributed by atoms with Crippen LogP contribution in [-0.2, 0) is 19.1 Å². The predicted molar refractivity (Wildman–Crippen MR) is 107 cm³/mol. The molecule has 160 valence electrons. The van der Waals surface area contributed by atoms with E-state index >= 15 is 0 Å². The summed E-state index contributed by atoms with van der Waals surface area (Å²) in [6.07, 6.45) is 8.97. The van der Waals surface area contributed by atoms with Crippen LogP contribution in [0.3, 0.4) is 0 Å². The van der Waals surface area contributed by atoms with Gasteiger partial charge in [0.2, 0.25) is 0 Å². The second-order valence-electron chi connectivity index (χ2n) is 10.7. The van der Waals surface area contributed by atoms with Crippen molar-refractivity contribution in [3.05, 3.63) is 11.6 Å². The second kappa shape index (κ2) is 6.40. The zero-order chi connectivity index (χ0) is 20.6. The number of ketones is 1. The van der Waals surface area contributed by atoms with Crippen molar-refractivity contribution < 1.29 is 24.2 Å². The lowest BCUT2D eigenvalue weighted by Crippen LogP contribution is -2.62. The van der Waals surface area contributed by atoms with Crippen molar-refractivity contribution in [3.8, 4) is 0 Å². The zero-order valence-electron chi connectivity index (χ0n) is 17.9. The standard InChI is InChI=1S/C24H34O5/c1-14(25)29-16-6-9-22(2)15(12-16)4-5-17-18(22)7-10-23(3)19(17)13-21-24(23,27)20(26)8-11-28-21/h4,16-19,21,27H,5-13H2,1-3H3/t16-,17+,18+,19+,21-,22+,23+,24-/m1/s1. The Kier molecular flexibility index (Phi) is 4.36. The number of hydrogen-bond acceptors (Lipinski definition) is 5. The molecule has 1 saturated heterocycles. The number of carbonyl (C=O) groups excluding carboxylic acids is 2. The Morgan fingerprint density at radius 1 is 1.24 bits per heavy atom. The third-order valence-electron chi connectivity index (χ3n) is 9.66. The van der Waals surface area contributed by atoms with Crippen molar-refractivity contribution in [3.63, 3.8) is 0 Å². The summed E-state index contributed by atoms with van der Waals surface area (Å²) >= 11 is 0. The van der Waals surface area contributed by atoms with Gasteiger partial charge in [-0.2, -0.15) is 0 Å². The third kappa shape index (κ3) is 2.52. The lowest BCUT2D eigenvalue weighted by Gasteiger charge is -2.58. The van der Waals surface area contributed by atoms with Gasteiger partial charge in [-0.3, -0.25) is 9.59 Å². The lowest BCUT2D eigenvalue weighted by atomic mass is 9.46. The first kappa shape index (κ1) is 19.7. The topological polar surface area (TPSA) is 72.8 Å². The quantitative estimate of drug-likeness (QED) is 0.536. The van der Waals surface area contributed by atoms with Crippen LogP contribution in [0.1, 0.15) is 72.1 Å². The number of ether oxygens (including phenoxy) is 2. The monoisotopic (exact) mass is 402 g/mol. The molecule has 5 heteroatoms. The average molecular weight is 403 g/mol. The largest absolute Gasteiger partial charge is 0.462 e. The van der Waals surface area contributed by atoms with Crippen molar-refractivity contribution in [2.75, 3.05) is 6.61 Å². The molecular formula is C24H34O5. The Balaban J connectivity index is 1.45. The number of allylic oxidation sites excluding steroid dienone is 1. The molecule has 3 saturated carbocycles. The fourth-order valence-corrected chi connectivity index (χ4v) is 8.13. The molecule has 1 N–H and O–H groups in total. The minimum absolute atomic E-state index is 0.00246. The molecule has 1 heterocycles. The number of esters is 1. The Morgan fingerprint density at radius 3 is 2.79 bits per heavy atom. The maximum Gasteiger partial charge on any atom is 0.302 e. The van der Waals surface area contributed by atoms with Gasteiger partial charge >= 0.3 is 5.97 Å². The molecule has 5 aliphatic rings. The van der Waals surface area contributed by atoms with Gasteiger partial charge in [-0.1, -0.05) is 25.5 Å². The third-order valence-corrected chi connectivity index (χ3v) is 9.66. The first-order valence-corrected chi connectivity index (χ1v) is 11.4. The molecule has 0 amide bonds. The number of carbonyl (C=O) groups is 2. The Hall–Kier alpha value is -1.20. The molecule has 0 aromatic heterocycles. The second-order valence-corrected chi connectivity index (χ2v) is 10.7. The van der Waals surface area contributed by atoms with Crippen molar-refractivity contribution in [1.29, 1.82) is 0 Å². The average Bonchev–Trinajstić information content (AvgIpc) is 2.91. The van der Waals surface area contributed by atoms with E-state index in [1.54, 1.807) is 0 Å². The van der Waals surface area contributed by atoms with Crippen LogP contribution in [0.25, 0.3) is 0 Å². The SMILES string of the molecule is CC(=O)O[C@@H]1CC[C@@]2(C)C(=CC[C@H]3[C@@H]2CC[C@@]2(C)[C@H]3C[C@H]3OCCC(=O)[C@@]32O)C1. The molecular weight excluding hydrogens is 368 g/mol. The van der Waals surface area contributed by atoms with E-state index in [2.05, 4.69) is 19.9 Å². The van der Waals surface area contributed by atoms with Crippen molar-refractivity contribution in [1.82, 2.24) is 0 Å². The number of rotatable bonds is 1. The van der Waals surface area contributed by atoms with E-state index in [4.69, 9.17) is 9.47 Å². The maximum absolute atomic E-state index is 12.8. The molecule has 1 aliphatic heterocycles. The van der Waals surface area contributed by atoms with E-state index in [0.29, 0.717) is 30.8 Å². The maximum atomic E-state index is 12.8. The van der Waals surface area contributed by atoms with Crippen LogP contribution >= 0.6 is 0 Å². The van der Waals surface area contributed by atoms with Crippen LogP contribution in [-0.4, -0.2) is 41.3 Å². The van der Waals surface area contributed by atoms with Gasteiger partial charge in [0.15, 0.2) is 11.4 Å². The zero-order valence-corrected chi connectivity index (χ0v) is 17.9. The molecule has 5 rings (SSSR count). The fourth-order valence-electron chi connectivity index (χ4n) is 8.13. The molecule has 0 unspecified atom stereocenters. The van der Waals surface area contributed by atoms with Crippen LogP contribution in [0.5, 0.6) is 0 Å². The first-order chi connectivity index (χ1) is 13.7. The van der Waals surface area contributed by atoms with Crippen molar-refractivity contribution in [2.45, 2.75) is 89.9 Å². The van der Waals surface area contributed by atoms with Crippen LogP contribution < -0.4 is 0 Å². The number of Topliss-reactive ketones (excluding diaryl/α,β-unsaturated/α-hetero) is 1. The van der Waals surface area contributed by atoms with E-state index in [1.165, 1.54) is 12.5 Å². The summed E-state index contributed by atoms with van der Waals surface area (Å²) in [5, 5.41) is 11.6. The molecule has 8 atom stereocenters. The van der Waals surface area contributed by atoms with Crippen molar-refractivity contribution >= 4 is 11.8 Å². The van der Waals surface area contributed by atoms with E-state index in [0.717, 1.165) is 44.9 Å². The first-order valence-electron chi connectivity index (χ1n) is 11.4. The predicted octanol–water partition coefficient (Wildman–Crippen LogP) is 3.58. The highest BCUT2D eigenvalue weighted by Crippen LogP contribution is 2.68. The van der Waals surface area contributed by atoms with Gasteiger partial charge in [0.1, 0.15) is 6.10 Å². The van der Waals surface area contributed by atoms with Crippen LogP contribution in [0, 0.1) is 28.6 Å². The number of fused-ring (bicyclic) bond motifs is 7. The summed E-state index contributed by atoms with van der Waals surface area (Å²) in [7, 11) is 0. The summed E-state index contributed by atoms with van der Waals surface area (Å²) in [6.45, 7) is 6.50. The van der Waals surface area contributed by atoms with E-state index < -0.39 is 5.60 Å². The van der Waals surface area contributed by atoms with Gasteiger partial charge in [0.05, 0.1) is 12.7 Å².